The number of carbonyl (C=O) groups excluding carboxylic acids is 1. The summed E-state index contributed by atoms with van der Waals surface area (Å²) < 4.78 is 18.5. The van der Waals surface area contributed by atoms with E-state index in [0.29, 0.717) is 42.1 Å². The van der Waals surface area contributed by atoms with Crippen molar-refractivity contribution in [3.8, 4) is 28.6 Å². The van der Waals surface area contributed by atoms with E-state index in [-0.39, 0.29) is 11.7 Å². The first-order chi connectivity index (χ1) is 15.2. The SMILES string of the molecule is CCn1c(SCC(=O)Nc2ccc3c(c2)OCCCO3)nnc1-c1ccc(OC)cc1. The zero-order valence-electron chi connectivity index (χ0n) is 17.5. The van der Waals surface area contributed by atoms with E-state index in [1.807, 2.05) is 47.9 Å². The standard InChI is InChI=1S/C22H24N4O4S/c1-3-26-21(15-5-8-17(28-2)9-6-15)24-25-22(26)31-14-20(27)23-16-7-10-18-19(13-16)30-12-4-11-29-18/h5-10,13H,3-4,11-12,14H2,1-2H3,(H,23,27). The molecule has 1 aliphatic rings. The van der Waals surface area contributed by atoms with Gasteiger partial charge in [0.15, 0.2) is 22.5 Å². The van der Waals surface area contributed by atoms with Gasteiger partial charge in [-0.2, -0.15) is 0 Å². The Bertz CT molecular complexity index is 1050. The molecule has 1 N–H and O–H groups in total. The number of thioether (sulfide) groups is 1. The summed E-state index contributed by atoms with van der Waals surface area (Å²) in [6, 6.07) is 13.1. The van der Waals surface area contributed by atoms with Crippen molar-refractivity contribution in [2.45, 2.75) is 25.0 Å². The molecule has 1 amide bonds. The van der Waals surface area contributed by atoms with Gasteiger partial charge in [-0.05, 0) is 43.3 Å². The molecule has 0 bridgehead atoms. The number of nitrogens with zero attached hydrogens (tertiary/aromatic N) is 3. The van der Waals surface area contributed by atoms with Gasteiger partial charge in [0.05, 0.1) is 26.1 Å². The summed E-state index contributed by atoms with van der Waals surface area (Å²) in [6.45, 7) is 3.95. The molecule has 0 aliphatic carbocycles. The van der Waals surface area contributed by atoms with Crippen molar-refractivity contribution < 1.29 is 19.0 Å². The quantitative estimate of drug-likeness (QED) is 0.558. The first kappa shape index (κ1) is 21.0. The van der Waals surface area contributed by atoms with Gasteiger partial charge in [0.1, 0.15) is 5.75 Å². The number of ether oxygens (including phenoxy) is 3. The van der Waals surface area contributed by atoms with Gasteiger partial charge >= 0.3 is 0 Å². The maximum Gasteiger partial charge on any atom is 0.234 e. The van der Waals surface area contributed by atoms with Crippen LogP contribution in [0.15, 0.2) is 47.6 Å². The van der Waals surface area contributed by atoms with Crippen molar-refractivity contribution in [2.75, 3.05) is 31.4 Å². The Hall–Kier alpha value is -3.20. The van der Waals surface area contributed by atoms with E-state index in [0.717, 1.165) is 23.6 Å². The lowest BCUT2D eigenvalue weighted by molar-refractivity contribution is -0.113. The Balaban J connectivity index is 1.40. The summed E-state index contributed by atoms with van der Waals surface area (Å²) in [5.41, 5.74) is 1.62. The van der Waals surface area contributed by atoms with Gasteiger partial charge in [-0.25, -0.2) is 0 Å². The molecule has 0 spiro atoms. The lowest BCUT2D eigenvalue weighted by Crippen LogP contribution is -2.14. The van der Waals surface area contributed by atoms with Crippen molar-refractivity contribution in [1.82, 2.24) is 14.8 Å². The van der Waals surface area contributed by atoms with E-state index in [4.69, 9.17) is 14.2 Å². The molecule has 0 unspecified atom stereocenters. The summed E-state index contributed by atoms with van der Waals surface area (Å²) >= 11 is 1.35. The van der Waals surface area contributed by atoms with Crippen LogP contribution in [-0.2, 0) is 11.3 Å². The van der Waals surface area contributed by atoms with Gasteiger partial charge in [0, 0.05) is 30.3 Å². The fourth-order valence-electron chi connectivity index (χ4n) is 3.20. The highest BCUT2D eigenvalue weighted by Gasteiger charge is 2.16. The van der Waals surface area contributed by atoms with Crippen LogP contribution >= 0.6 is 11.8 Å². The highest BCUT2D eigenvalue weighted by Crippen LogP contribution is 2.32. The van der Waals surface area contributed by atoms with Crippen molar-refractivity contribution >= 4 is 23.4 Å². The number of anilines is 1. The summed E-state index contributed by atoms with van der Waals surface area (Å²) in [5, 5.41) is 12.2. The Morgan fingerprint density at radius 1 is 1.13 bits per heavy atom. The summed E-state index contributed by atoms with van der Waals surface area (Å²) in [4.78, 5) is 12.5. The molecular weight excluding hydrogens is 416 g/mol. The Morgan fingerprint density at radius 2 is 1.90 bits per heavy atom. The molecule has 31 heavy (non-hydrogen) atoms. The third-order valence-corrected chi connectivity index (χ3v) is 5.71. The van der Waals surface area contributed by atoms with Crippen LogP contribution in [0.1, 0.15) is 13.3 Å². The van der Waals surface area contributed by atoms with Gasteiger partial charge in [-0.15, -0.1) is 10.2 Å². The number of hydrogen-bond donors (Lipinski definition) is 1. The van der Waals surface area contributed by atoms with Gasteiger partial charge in [0.25, 0.3) is 0 Å². The maximum atomic E-state index is 12.5. The van der Waals surface area contributed by atoms with Gasteiger partial charge in [-0.3, -0.25) is 4.79 Å². The zero-order valence-corrected chi connectivity index (χ0v) is 18.3. The molecular formula is C22H24N4O4S. The molecule has 9 heteroatoms. The average Bonchev–Trinajstić information content (AvgIpc) is 3.07. The number of hydrogen-bond acceptors (Lipinski definition) is 7. The van der Waals surface area contributed by atoms with Crippen LogP contribution in [0.25, 0.3) is 11.4 Å². The second-order valence-corrected chi connectivity index (χ2v) is 7.77. The molecule has 2 heterocycles. The highest BCUT2D eigenvalue weighted by molar-refractivity contribution is 7.99. The van der Waals surface area contributed by atoms with Gasteiger partial charge < -0.3 is 24.1 Å². The number of fused-ring (bicyclic) bond motifs is 1. The lowest BCUT2D eigenvalue weighted by atomic mass is 10.2. The van der Waals surface area contributed by atoms with E-state index in [1.54, 1.807) is 13.2 Å². The number of rotatable bonds is 7. The van der Waals surface area contributed by atoms with Crippen LogP contribution in [0.5, 0.6) is 17.2 Å². The second kappa shape index (κ2) is 9.74. The first-order valence-electron chi connectivity index (χ1n) is 10.1. The van der Waals surface area contributed by atoms with E-state index in [2.05, 4.69) is 15.5 Å². The molecule has 1 aliphatic heterocycles. The molecule has 0 saturated heterocycles. The van der Waals surface area contributed by atoms with Crippen molar-refractivity contribution in [3.05, 3.63) is 42.5 Å². The van der Waals surface area contributed by atoms with Crippen LogP contribution in [0.2, 0.25) is 0 Å². The van der Waals surface area contributed by atoms with Gasteiger partial charge in [-0.1, -0.05) is 11.8 Å². The number of methoxy groups -OCH3 is 1. The minimum Gasteiger partial charge on any atom is -0.497 e. The van der Waals surface area contributed by atoms with Crippen molar-refractivity contribution in [3.63, 3.8) is 0 Å². The third kappa shape index (κ3) is 4.93. The van der Waals surface area contributed by atoms with E-state index in [9.17, 15) is 4.79 Å². The smallest absolute Gasteiger partial charge is 0.234 e. The number of carbonyl (C=O) groups is 1. The molecule has 0 fully saturated rings. The minimum absolute atomic E-state index is 0.129. The topological polar surface area (TPSA) is 87.5 Å². The molecule has 4 rings (SSSR count). The number of amides is 1. The summed E-state index contributed by atoms with van der Waals surface area (Å²) in [7, 11) is 1.63. The van der Waals surface area contributed by atoms with Crippen LogP contribution < -0.4 is 19.5 Å². The Morgan fingerprint density at radius 3 is 2.65 bits per heavy atom. The Labute approximate surface area is 184 Å². The average molecular weight is 441 g/mol. The Kier molecular flexibility index (Phi) is 6.61. The summed E-state index contributed by atoms with van der Waals surface area (Å²) in [6.07, 6.45) is 0.837. The van der Waals surface area contributed by atoms with Gasteiger partial charge in [0.2, 0.25) is 5.91 Å². The molecule has 1 aromatic heterocycles. The molecule has 3 aromatic rings. The van der Waals surface area contributed by atoms with Crippen molar-refractivity contribution in [2.24, 2.45) is 0 Å². The zero-order chi connectivity index (χ0) is 21.6. The fourth-order valence-corrected chi connectivity index (χ4v) is 4.00. The number of aromatic nitrogens is 3. The van der Waals surface area contributed by atoms with Crippen LogP contribution in [0.4, 0.5) is 5.69 Å². The van der Waals surface area contributed by atoms with E-state index in [1.165, 1.54) is 11.8 Å². The lowest BCUT2D eigenvalue weighted by Gasteiger charge is -2.11. The predicted molar refractivity (Wildman–Crippen MR) is 119 cm³/mol. The van der Waals surface area contributed by atoms with Crippen LogP contribution in [-0.4, -0.2) is 46.7 Å². The van der Waals surface area contributed by atoms with Crippen LogP contribution in [0.3, 0.4) is 0 Å². The molecule has 0 radical (unpaired) electrons. The molecule has 162 valence electrons. The molecule has 2 aromatic carbocycles. The largest absolute Gasteiger partial charge is 0.497 e. The van der Waals surface area contributed by atoms with E-state index < -0.39 is 0 Å². The van der Waals surface area contributed by atoms with Crippen LogP contribution in [0, 0.1) is 0 Å². The van der Waals surface area contributed by atoms with E-state index >= 15 is 0 Å². The fraction of sp³-hybridized carbons (Fsp3) is 0.318. The number of nitrogens with one attached hydrogen (secondary N) is 1. The first-order valence-corrected chi connectivity index (χ1v) is 11.1. The normalized spacial score (nSPS) is 12.8. The minimum atomic E-state index is -0.129. The predicted octanol–water partition coefficient (Wildman–Crippen LogP) is 3.87. The third-order valence-electron chi connectivity index (χ3n) is 4.74. The molecule has 8 nitrogen and oxygen atoms in total. The molecule has 0 saturated carbocycles. The number of benzene rings is 2. The van der Waals surface area contributed by atoms with Crippen molar-refractivity contribution in [1.29, 1.82) is 0 Å². The summed E-state index contributed by atoms with van der Waals surface area (Å²) in [5.74, 6) is 2.99. The monoisotopic (exact) mass is 440 g/mol. The second-order valence-electron chi connectivity index (χ2n) is 6.83. The maximum absolute atomic E-state index is 12.5. The molecule has 0 atom stereocenters. The highest BCUT2D eigenvalue weighted by atomic mass is 32.2.